The van der Waals surface area contributed by atoms with Gasteiger partial charge in [-0.1, -0.05) is 54.1 Å². The van der Waals surface area contributed by atoms with Gasteiger partial charge in [0.15, 0.2) is 0 Å². The SMILES string of the molecule is CC(=O)N1CCCN(Cc2ccccc2)CCN(C(=O)CCN2CCN(c3ccccn3)CC2)Cc2ccc(Cl)cc21. The summed E-state index contributed by atoms with van der Waals surface area (Å²) in [5, 5.41) is 0.586. The fraction of sp³-hybridized carbons (Fsp3) is 0.424. The predicted molar refractivity (Wildman–Crippen MR) is 169 cm³/mol. The molecule has 2 aliphatic rings. The van der Waals surface area contributed by atoms with Gasteiger partial charge in [0, 0.05) is 96.6 Å². The summed E-state index contributed by atoms with van der Waals surface area (Å²) in [7, 11) is 0. The summed E-state index contributed by atoms with van der Waals surface area (Å²) in [6.07, 6.45) is 3.12. The fourth-order valence-corrected chi connectivity index (χ4v) is 6.01. The van der Waals surface area contributed by atoms with Crippen LogP contribution in [0.5, 0.6) is 0 Å². The molecule has 8 nitrogen and oxygen atoms in total. The van der Waals surface area contributed by atoms with Gasteiger partial charge in [-0.3, -0.25) is 19.4 Å². The van der Waals surface area contributed by atoms with Crippen LogP contribution >= 0.6 is 11.6 Å². The lowest BCUT2D eigenvalue weighted by Gasteiger charge is -2.35. The maximum absolute atomic E-state index is 13.8. The van der Waals surface area contributed by atoms with Crippen LogP contribution in [0.3, 0.4) is 0 Å². The molecule has 5 rings (SSSR count). The van der Waals surface area contributed by atoms with E-state index in [1.165, 1.54) is 5.56 Å². The lowest BCUT2D eigenvalue weighted by molar-refractivity contribution is -0.132. The molecular weight excluding hydrogens is 548 g/mol. The number of amides is 2. The van der Waals surface area contributed by atoms with Crippen LogP contribution in [-0.2, 0) is 22.7 Å². The molecule has 42 heavy (non-hydrogen) atoms. The summed E-state index contributed by atoms with van der Waals surface area (Å²) in [5.74, 6) is 1.13. The Bertz CT molecular complexity index is 1320. The van der Waals surface area contributed by atoms with Gasteiger partial charge in [0.1, 0.15) is 5.82 Å². The summed E-state index contributed by atoms with van der Waals surface area (Å²) < 4.78 is 0. The second-order valence-electron chi connectivity index (χ2n) is 11.1. The smallest absolute Gasteiger partial charge is 0.224 e. The Balaban J connectivity index is 1.28. The van der Waals surface area contributed by atoms with Crippen LogP contribution in [-0.4, -0.2) is 90.4 Å². The Hall–Kier alpha value is -3.46. The quantitative estimate of drug-likeness (QED) is 0.422. The number of carbonyl (C=O) groups excluding carboxylic acids is 2. The van der Waals surface area contributed by atoms with E-state index in [2.05, 4.69) is 43.9 Å². The molecule has 0 N–H and O–H groups in total. The monoisotopic (exact) mass is 588 g/mol. The topological polar surface area (TPSA) is 63.2 Å². The van der Waals surface area contributed by atoms with Gasteiger partial charge in [0.05, 0.1) is 5.69 Å². The molecule has 0 unspecified atom stereocenters. The minimum absolute atomic E-state index is 0.0184. The molecule has 2 aliphatic heterocycles. The molecule has 0 atom stereocenters. The summed E-state index contributed by atoms with van der Waals surface area (Å²) in [5.41, 5.74) is 2.99. The first-order valence-corrected chi connectivity index (χ1v) is 15.3. The summed E-state index contributed by atoms with van der Waals surface area (Å²) in [6, 6.07) is 22.1. The number of halogens is 1. The third kappa shape index (κ3) is 8.09. The molecule has 222 valence electrons. The van der Waals surface area contributed by atoms with E-state index in [0.717, 1.165) is 75.8 Å². The molecule has 0 spiro atoms. The highest BCUT2D eigenvalue weighted by atomic mass is 35.5. The van der Waals surface area contributed by atoms with Crippen molar-refractivity contribution < 1.29 is 9.59 Å². The average molecular weight is 589 g/mol. The van der Waals surface area contributed by atoms with Crippen LogP contribution in [0.25, 0.3) is 0 Å². The van der Waals surface area contributed by atoms with Gasteiger partial charge in [0.25, 0.3) is 0 Å². The number of anilines is 2. The van der Waals surface area contributed by atoms with E-state index >= 15 is 0 Å². The van der Waals surface area contributed by atoms with Crippen molar-refractivity contribution in [2.75, 3.05) is 68.7 Å². The van der Waals surface area contributed by atoms with Gasteiger partial charge in [-0.05, 0) is 41.8 Å². The van der Waals surface area contributed by atoms with Crippen LogP contribution in [0, 0.1) is 0 Å². The van der Waals surface area contributed by atoms with Crippen LogP contribution in [0.1, 0.15) is 30.9 Å². The number of hydrogen-bond acceptors (Lipinski definition) is 6. The molecular formula is C33H41ClN6O2. The lowest BCUT2D eigenvalue weighted by Crippen LogP contribution is -2.48. The van der Waals surface area contributed by atoms with Crippen molar-refractivity contribution >= 4 is 34.9 Å². The molecule has 3 heterocycles. The van der Waals surface area contributed by atoms with E-state index < -0.39 is 0 Å². The lowest BCUT2D eigenvalue weighted by atomic mass is 10.1. The van der Waals surface area contributed by atoms with Crippen molar-refractivity contribution in [3.63, 3.8) is 0 Å². The zero-order chi connectivity index (χ0) is 29.3. The molecule has 2 amide bonds. The average Bonchev–Trinajstić information content (AvgIpc) is 3.04. The molecule has 0 saturated carbocycles. The third-order valence-corrected chi connectivity index (χ3v) is 8.45. The first-order valence-electron chi connectivity index (χ1n) is 15.0. The Morgan fingerprint density at radius 3 is 2.33 bits per heavy atom. The predicted octanol–water partition coefficient (Wildman–Crippen LogP) is 4.53. The fourth-order valence-electron chi connectivity index (χ4n) is 5.85. The summed E-state index contributed by atoms with van der Waals surface area (Å²) in [4.78, 5) is 41.9. The zero-order valence-corrected chi connectivity index (χ0v) is 25.3. The van der Waals surface area contributed by atoms with Gasteiger partial charge in [-0.2, -0.15) is 0 Å². The van der Waals surface area contributed by atoms with E-state index in [4.69, 9.17) is 11.6 Å². The summed E-state index contributed by atoms with van der Waals surface area (Å²) in [6.45, 7) is 10.0. The molecule has 1 fully saturated rings. The molecule has 2 aromatic carbocycles. The second kappa shape index (κ2) is 14.6. The normalized spacial score (nSPS) is 17.4. The maximum Gasteiger partial charge on any atom is 0.224 e. The minimum Gasteiger partial charge on any atom is -0.354 e. The molecule has 1 saturated heterocycles. The number of carbonyl (C=O) groups is 2. The molecule has 1 aromatic heterocycles. The molecule has 0 bridgehead atoms. The second-order valence-corrected chi connectivity index (χ2v) is 11.6. The van der Waals surface area contributed by atoms with Gasteiger partial charge in [-0.25, -0.2) is 4.98 Å². The number of hydrogen-bond donors (Lipinski definition) is 0. The van der Waals surface area contributed by atoms with Crippen molar-refractivity contribution in [3.8, 4) is 0 Å². The van der Waals surface area contributed by atoms with Crippen LogP contribution in [0.4, 0.5) is 11.5 Å². The standard InChI is InChI=1S/C33H41ClN6O2/c1-27(41)40-16-7-15-37(25-28-8-3-2-4-9-28)20-23-39(26-29-11-12-30(34)24-31(29)40)33(42)13-17-36-18-21-38(22-19-36)32-10-5-6-14-35-32/h2-6,8-12,14,24H,7,13,15-23,25-26H2,1H3. The zero-order valence-electron chi connectivity index (χ0n) is 24.5. The number of fused-ring (bicyclic) bond motifs is 1. The van der Waals surface area contributed by atoms with E-state index in [9.17, 15) is 9.59 Å². The number of piperazine rings is 1. The van der Waals surface area contributed by atoms with Crippen molar-refractivity contribution in [2.24, 2.45) is 0 Å². The van der Waals surface area contributed by atoms with E-state index in [1.807, 2.05) is 58.5 Å². The number of pyridine rings is 1. The van der Waals surface area contributed by atoms with Gasteiger partial charge in [0.2, 0.25) is 11.8 Å². The summed E-state index contributed by atoms with van der Waals surface area (Å²) >= 11 is 6.40. The maximum atomic E-state index is 13.8. The highest BCUT2D eigenvalue weighted by molar-refractivity contribution is 6.31. The van der Waals surface area contributed by atoms with Gasteiger partial charge < -0.3 is 14.7 Å². The highest BCUT2D eigenvalue weighted by Crippen LogP contribution is 2.28. The Morgan fingerprint density at radius 1 is 0.833 bits per heavy atom. The molecule has 3 aromatic rings. The number of nitrogens with zero attached hydrogens (tertiary/aromatic N) is 6. The van der Waals surface area contributed by atoms with Crippen molar-refractivity contribution in [1.82, 2.24) is 19.7 Å². The molecule has 0 aliphatic carbocycles. The van der Waals surface area contributed by atoms with Crippen LogP contribution in [0.15, 0.2) is 72.9 Å². The minimum atomic E-state index is -0.0184. The number of benzene rings is 2. The van der Waals surface area contributed by atoms with E-state index in [1.54, 1.807) is 6.92 Å². The largest absolute Gasteiger partial charge is 0.354 e. The molecule has 0 radical (unpaired) electrons. The van der Waals surface area contributed by atoms with Gasteiger partial charge >= 0.3 is 0 Å². The van der Waals surface area contributed by atoms with E-state index in [0.29, 0.717) is 31.1 Å². The van der Waals surface area contributed by atoms with Crippen LogP contribution < -0.4 is 9.80 Å². The van der Waals surface area contributed by atoms with Crippen LogP contribution in [0.2, 0.25) is 5.02 Å². The van der Waals surface area contributed by atoms with Crippen molar-refractivity contribution in [3.05, 3.63) is 89.1 Å². The Morgan fingerprint density at radius 2 is 1.60 bits per heavy atom. The first kappa shape index (κ1) is 30.0. The highest BCUT2D eigenvalue weighted by Gasteiger charge is 2.24. The third-order valence-electron chi connectivity index (χ3n) is 8.21. The van der Waals surface area contributed by atoms with E-state index in [-0.39, 0.29) is 11.8 Å². The van der Waals surface area contributed by atoms with Crippen molar-refractivity contribution in [2.45, 2.75) is 32.9 Å². The first-order chi connectivity index (χ1) is 20.5. The Kier molecular flexibility index (Phi) is 10.5. The number of rotatable bonds is 6. The van der Waals surface area contributed by atoms with Crippen molar-refractivity contribution in [1.29, 1.82) is 0 Å². The Labute approximate surface area is 254 Å². The number of aromatic nitrogens is 1. The molecule has 9 heteroatoms. The van der Waals surface area contributed by atoms with Gasteiger partial charge in [-0.15, -0.1) is 0 Å².